The van der Waals surface area contributed by atoms with Crippen LogP contribution in [0.5, 0.6) is 0 Å². The molecule has 0 saturated heterocycles. The second-order valence-corrected chi connectivity index (χ2v) is 4.59. The van der Waals surface area contributed by atoms with Crippen molar-refractivity contribution >= 4 is 11.7 Å². The minimum atomic E-state index is -0.311. The van der Waals surface area contributed by atoms with Crippen LogP contribution >= 0.6 is 0 Å². The number of halogens is 1. The largest absolute Gasteiger partial charge is 0.347 e. The molecule has 0 radical (unpaired) electrons. The zero-order chi connectivity index (χ0) is 14.7. The quantitative estimate of drug-likeness (QED) is 0.870. The molecule has 104 valence electrons. The van der Waals surface area contributed by atoms with Gasteiger partial charge in [-0.2, -0.15) is 0 Å². The molecule has 0 aliphatic carbocycles. The Morgan fingerprint density at radius 1 is 1.25 bits per heavy atom. The van der Waals surface area contributed by atoms with Crippen molar-refractivity contribution in [2.24, 2.45) is 7.05 Å². The van der Waals surface area contributed by atoms with Crippen molar-refractivity contribution in [2.75, 3.05) is 0 Å². The highest BCUT2D eigenvalue weighted by atomic mass is 19.1. The number of ketones is 1. The van der Waals surface area contributed by atoms with Crippen LogP contribution in [0.3, 0.4) is 0 Å². The summed E-state index contributed by atoms with van der Waals surface area (Å²) >= 11 is 0. The van der Waals surface area contributed by atoms with Crippen LogP contribution in [0.15, 0.2) is 36.5 Å². The van der Waals surface area contributed by atoms with Crippen molar-refractivity contribution in [1.29, 1.82) is 0 Å². The lowest BCUT2D eigenvalue weighted by molar-refractivity contribution is 0.0942. The fraction of sp³-hybridized carbons (Fsp3) is 0.200. The molecule has 0 atom stereocenters. The third kappa shape index (κ3) is 3.12. The van der Waals surface area contributed by atoms with Crippen LogP contribution < -0.4 is 5.32 Å². The van der Waals surface area contributed by atoms with Crippen LogP contribution in [0.25, 0.3) is 0 Å². The highest BCUT2D eigenvalue weighted by molar-refractivity contribution is 5.99. The van der Waals surface area contributed by atoms with E-state index in [-0.39, 0.29) is 17.5 Å². The Morgan fingerprint density at radius 2 is 1.90 bits per heavy atom. The Labute approximate surface area is 116 Å². The summed E-state index contributed by atoms with van der Waals surface area (Å²) in [6.07, 6.45) is 1.62. The average molecular weight is 274 g/mol. The first-order chi connectivity index (χ1) is 9.47. The summed E-state index contributed by atoms with van der Waals surface area (Å²) in [5.41, 5.74) is 1.72. The van der Waals surface area contributed by atoms with Crippen LogP contribution in [0.4, 0.5) is 4.39 Å². The number of rotatable bonds is 4. The van der Waals surface area contributed by atoms with Crippen LogP contribution in [0.2, 0.25) is 0 Å². The molecule has 0 aliphatic rings. The lowest BCUT2D eigenvalue weighted by Gasteiger charge is -2.06. The number of nitrogens with zero attached hydrogens (tertiary/aromatic N) is 1. The van der Waals surface area contributed by atoms with Gasteiger partial charge in [-0.3, -0.25) is 9.59 Å². The molecule has 1 aromatic heterocycles. The predicted octanol–water partition coefficient (Wildman–Crippen LogP) is 2.30. The summed E-state index contributed by atoms with van der Waals surface area (Å²) in [5.74, 6) is -0.670. The zero-order valence-corrected chi connectivity index (χ0v) is 11.3. The van der Waals surface area contributed by atoms with Crippen LogP contribution in [0, 0.1) is 5.82 Å². The SMILES string of the molecule is CC(=O)c1cc(C(=O)NCc2ccc(F)cc2)n(C)c1. The van der Waals surface area contributed by atoms with E-state index >= 15 is 0 Å². The highest BCUT2D eigenvalue weighted by Crippen LogP contribution is 2.09. The first kappa shape index (κ1) is 14.0. The minimum absolute atomic E-state index is 0.0850. The molecule has 0 unspecified atom stereocenters. The van der Waals surface area contributed by atoms with E-state index < -0.39 is 0 Å². The smallest absolute Gasteiger partial charge is 0.268 e. The fourth-order valence-corrected chi connectivity index (χ4v) is 1.86. The van der Waals surface area contributed by atoms with Gasteiger partial charge in [0.05, 0.1) is 0 Å². The topological polar surface area (TPSA) is 51.1 Å². The van der Waals surface area contributed by atoms with Gasteiger partial charge >= 0.3 is 0 Å². The standard InChI is InChI=1S/C15H15FN2O2/c1-10(19)12-7-14(18(2)9-12)15(20)17-8-11-3-5-13(16)6-4-11/h3-7,9H,8H2,1-2H3,(H,17,20). The van der Waals surface area contributed by atoms with Gasteiger partial charge in [0.25, 0.3) is 5.91 Å². The third-order valence-corrected chi connectivity index (χ3v) is 3.01. The van der Waals surface area contributed by atoms with Gasteiger partial charge in [0.2, 0.25) is 0 Å². The summed E-state index contributed by atoms with van der Waals surface area (Å²) < 4.78 is 14.4. The number of amides is 1. The average Bonchev–Trinajstić information content (AvgIpc) is 2.80. The lowest BCUT2D eigenvalue weighted by Crippen LogP contribution is -2.24. The van der Waals surface area contributed by atoms with E-state index in [9.17, 15) is 14.0 Å². The number of nitrogens with one attached hydrogen (secondary N) is 1. The second kappa shape index (κ2) is 5.69. The van der Waals surface area contributed by atoms with Crippen molar-refractivity contribution in [1.82, 2.24) is 9.88 Å². The normalized spacial score (nSPS) is 10.3. The summed E-state index contributed by atoms with van der Waals surface area (Å²) in [4.78, 5) is 23.3. The molecule has 4 nitrogen and oxygen atoms in total. The summed E-state index contributed by atoms with van der Waals surface area (Å²) in [6, 6.07) is 7.47. The van der Waals surface area contributed by atoms with Crippen molar-refractivity contribution in [3.63, 3.8) is 0 Å². The molecule has 1 heterocycles. The van der Waals surface area contributed by atoms with Crippen LogP contribution in [0.1, 0.15) is 33.3 Å². The number of carbonyl (C=O) groups excluding carboxylic acids is 2. The molecule has 0 aliphatic heterocycles. The van der Waals surface area contributed by atoms with Gasteiger partial charge in [-0.25, -0.2) is 4.39 Å². The number of carbonyl (C=O) groups is 2. The number of hydrogen-bond donors (Lipinski definition) is 1. The monoisotopic (exact) mass is 274 g/mol. The summed E-state index contributed by atoms with van der Waals surface area (Å²) in [5, 5.41) is 2.73. The molecule has 1 aromatic carbocycles. The first-order valence-electron chi connectivity index (χ1n) is 6.17. The van der Waals surface area contributed by atoms with Crippen molar-refractivity contribution in [3.8, 4) is 0 Å². The van der Waals surface area contributed by atoms with Crippen molar-refractivity contribution < 1.29 is 14.0 Å². The third-order valence-electron chi connectivity index (χ3n) is 3.01. The Hall–Kier alpha value is -2.43. The Bertz CT molecular complexity index is 644. The van der Waals surface area contributed by atoms with Gasteiger partial charge in [-0.05, 0) is 30.7 Å². The van der Waals surface area contributed by atoms with Gasteiger partial charge in [-0.15, -0.1) is 0 Å². The van der Waals surface area contributed by atoms with E-state index in [4.69, 9.17) is 0 Å². The van der Waals surface area contributed by atoms with Crippen LogP contribution in [-0.4, -0.2) is 16.3 Å². The van der Waals surface area contributed by atoms with Crippen molar-refractivity contribution in [2.45, 2.75) is 13.5 Å². The van der Waals surface area contributed by atoms with Gasteiger partial charge in [0.1, 0.15) is 11.5 Å². The highest BCUT2D eigenvalue weighted by Gasteiger charge is 2.13. The molecular weight excluding hydrogens is 259 g/mol. The molecule has 2 rings (SSSR count). The van der Waals surface area contributed by atoms with E-state index in [0.717, 1.165) is 5.56 Å². The number of aromatic nitrogens is 1. The van der Waals surface area contributed by atoms with E-state index in [2.05, 4.69) is 5.32 Å². The first-order valence-corrected chi connectivity index (χ1v) is 6.17. The predicted molar refractivity (Wildman–Crippen MR) is 73.0 cm³/mol. The zero-order valence-electron chi connectivity index (χ0n) is 11.3. The maximum Gasteiger partial charge on any atom is 0.268 e. The van der Waals surface area contributed by atoms with Gasteiger partial charge in [0.15, 0.2) is 5.78 Å². The van der Waals surface area contributed by atoms with Gasteiger partial charge in [-0.1, -0.05) is 12.1 Å². The summed E-state index contributed by atoms with van der Waals surface area (Å²) in [7, 11) is 1.71. The maximum absolute atomic E-state index is 12.8. The van der Waals surface area contributed by atoms with Gasteiger partial charge < -0.3 is 9.88 Å². The lowest BCUT2D eigenvalue weighted by atomic mass is 10.2. The molecule has 0 fully saturated rings. The molecule has 0 bridgehead atoms. The molecule has 20 heavy (non-hydrogen) atoms. The Morgan fingerprint density at radius 3 is 2.45 bits per heavy atom. The molecular formula is C15H15FN2O2. The second-order valence-electron chi connectivity index (χ2n) is 4.59. The van der Waals surface area contributed by atoms with Crippen LogP contribution in [-0.2, 0) is 13.6 Å². The molecule has 0 spiro atoms. The molecule has 1 amide bonds. The molecule has 2 aromatic rings. The number of hydrogen-bond acceptors (Lipinski definition) is 2. The van der Waals surface area contributed by atoms with E-state index in [1.54, 1.807) is 36.0 Å². The van der Waals surface area contributed by atoms with Crippen molar-refractivity contribution in [3.05, 3.63) is 59.2 Å². The Kier molecular flexibility index (Phi) is 3.98. The van der Waals surface area contributed by atoms with Gasteiger partial charge in [0, 0.05) is 25.4 Å². The summed E-state index contributed by atoms with van der Waals surface area (Å²) in [6.45, 7) is 1.76. The van der Waals surface area contributed by atoms with E-state index in [1.807, 2.05) is 0 Å². The molecule has 0 saturated carbocycles. The number of Topliss-reactive ketones (excluding diaryl/α,β-unsaturated/α-hetero) is 1. The van der Waals surface area contributed by atoms with E-state index in [0.29, 0.717) is 17.8 Å². The molecule has 1 N–H and O–H groups in total. The maximum atomic E-state index is 12.8. The number of benzene rings is 1. The minimum Gasteiger partial charge on any atom is -0.347 e. The molecule has 5 heteroatoms. The number of aryl methyl sites for hydroxylation is 1. The fourth-order valence-electron chi connectivity index (χ4n) is 1.86. The Balaban J connectivity index is 2.05. The van der Waals surface area contributed by atoms with E-state index in [1.165, 1.54) is 19.1 Å².